The third-order valence-corrected chi connectivity index (χ3v) is 4.06. The van der Waals surface area contributed by atoms with Gasteiger partial charge in [0.2, 0.25) is 0 Å². The van der Waals surface area contributed by atoms with Crippen LogP contribution < -0.4 is 0 Å². The molecule has 1 aliphatic heterocycles. The number of hydrogen-bond donors (Lipinski definition) is 1. The first kappa shape index (κ1) is 11.6. The molecular weight excluding hydrogens is 222 g/mol. The molecule has 0 amide bonds. The molecule has 88 valence electrons. The van der Waals surface area contributed by atoms with Crippen molar-refractivity contribution in [2.24, 2.45) is 0 Å². The lowest BCUT2D eigenvalue weighted by molar-refractivity contribution is -0.137. The van der Waals surface area contributed by atoms with Crippen LogP contribution in [0.2, 0.25) is 0 Å². The van der Waals surface area contributed by atoms with Crippen molar-refractivity contribution in [3.8, 4) is 0 Å². The number of aliphatic carboxylic acids is 1. The molecule has 1 aromatic rings. The van der Waals surface area contributed by atoms with Gasteiger partial charge in [-0.25, -0.2) is 0 Å². The molecule has 4 heteroatoms. The minimum atomic E-state index is -0.694. The number of nitrogens with zero attached hydrogens (tertiary/aromatic N) is 1. The van der Waals surface area contributed by atoms with Crippen LogP contribution in [0.5, 0.6) is 0 Å². The summed E-state index contributed by atoms with van der Waals surface area (Å²) in [6.45, 7) is 2.23. The van der Waals surface area contributed by atoms with E-state index in [2.05, 4.69) is 16.3 Å². The summed E-state index contributed by atoms with van der Waals surface area (Å²) in [5.41, 5.74) is 0. The number of rotatable bonds is 5. The zero-order chi connectivity index (χ0) is 11.4. The van der Waals surface area contributed by atoms with Gasteiger partial charge >= 0.3 is 5.97 Å². The average Bonchev–Trinajstić information content (AvgIpc) is 2.88. The van der Waals surface area contributed by atoms with E-state index >= 15 is 0 Å². The summed E-state index contributed by atoms with van der Waals surface area (Å²) in [4.78, 5) is 14.4. The molecule has 1 fully saturated rings. The van der Waals surface area contributed by atoms with Crippen LogP contribution in [-0.2, 0) is 4.79 Å². The largest absolute Gasteiger partial charge is 0.481 e. The summed E-state index contributed by atoms with van der Waals surface area (Å²) in [6.07, 6.45) is 3.48. The minimum Gasteiger partial charge on any atom is -0.481 e. The highest BCUT2D eigenvalue weighted by Gasteiger charge is 2.24. The lowest BCUT2D eigenvalue weighted by Gasteiger charge is -2.26. The van der Waals surface area contributed by atoms with Gasteiger partial charge in [0.15, 0.2) is 0 Å². The molecule has 0 bridgehead atoms. The molecular formula is C12H17NO2S. The van der Waals surface area contributed by atoms with E-state index < -0.39 is 5.97 Å². The molecule has 2 heterocycles. The molecule has 2 rings (SSSR count). The van der Waals surface area contributed by atoms with Crippen LogP contribution in [0.25, 0.3) is 0 Å². The molecule has 16 heavy (non-hydrogen) atoms. The van der Waals surface area contributed by atoms with Crippen LogP contribution in [0, 0.1) is 0 Å². The summed E-state index contributed by atoms with van der Waals surface area (Å²) in [6, 6.07) is 4.48. The molecule has 0 saturated carbocycles. The van der Waals surface area contributed by atoms with Gasteiger partial charge in [0.05, 0.1) is 0 Å². The smallest absolute Gasteiger partial charge is 0.303 e. The van der Waals surface area contributed by atoms with E-state index in [1.165, 1.54) is 17.7 Å². The molecule has 1 aliphatic rings. The van der Waals surface area contributed by atoms with Gasteiger partial charge in [0.1, 0.15) is 0 Å². The maximum Gasteiger partial charge on any atom is 0.303 e. The predicted octanol–water partition coefficient (Wildman–Crippen LogP) is 2.75. The van der Waals surface area contributed by atoms with Crippen molar-refractivity contribution < 1.29 is 9.90 Å². The average molecular weight is 239 g/mol. The van der Waals surface area contributed by atoms with Gasteiger partial charge in [0.25, 0.3) is 0 Å². The van der Waals surface area contributed by atoms with Crippen molar-refractivity contribution in [1.82, 2.24) is 4.90 Å². The van der Waals surface area contributed by atoms with Gasteiger partial charge in [-0.1, -0.05) is 6.07 Å². The van der Waals surface area contributed by atoms with Crippen molar-refractivity contribution in [2.75, 3.05) is 13.1 Å². The maximum absolute atomic E-state index is 10.7. The van der Waals surface area contributed by atoms with Gasteiger partial charge in [-0.2, -0.15) is 0 Å². The van der Waals surface area contributed by atoms with Crippen LogP contribution in [0.4, 0.5) is 0 Å². The van der Waals surface area contributed by atoms with Gasteiger partial charge in [0, 0.05) is 17.3 Å². The SMILES string of the molecule is O=C(O)CCC(c1cccs1)N1CCCC1. The Balaban J connectivity index is 2.03. The van der Waals surface area contributed by atoms with Gasteiger partial charge in [-0.05, 0) is 43.8 Å². The number of carboxylic acid groups (broad SMARTS) is 1. The Kier molecular flexibility index (Phi) is 3.96. The van der Waals surface area contributed by atoms with E-state index in [0.29, 0.717) is 6.04 Å². The van der Waals surface area contributed by atoms with E-state index in [1.54, 1.807) is 11.3 Å². The van der Waals surface area contributed by atoms with Crippen molar-refractivity contribution in [1.29, 1.82) is 0 Å². The Hall–Kier alpha value is -0.870. The monoisotopic (exact) mass is 239 g/mol. The van der Waals surface area contributed by atoms with Gasteiger partial charge < -0.3 is 5.11 Å². The second kappa shape index (κ2) is 5.46. The summed E-state index contributed by atoms with van der Waals surface area (Å²) < 4.78 is 0. The zero-order valence-corrected chi connectivity index (χ0v) is 10.1. The fraction of sp³-hybridized carbons (Fsp3) is 0.583. The first-order chi connectivity index (χ1) is 7.77. The topological polar surface area (TPSA) is 40.5 Å². The summed E-state index contributed by atoms with van der Waals surface area (Å²) in [5.74, 6) is -0.694. The predicted molar refractivity (Wildman–Crippen MR) is 64.7 cm³/mol. The van der Waals surface area contributed by atoms with E-state index in [1.807, 2.05) is 6.07 Å². The number of thiophene rings is 1. The quantitative estimate of drug-likeness (QED) is 0.859. The fourth-order valence-electron chi connectivity index (χ4n) is 2.30. The Bertz CT molecular complexity index is 331. The number of carboxylic acids is 1. The second-order valence-electron chi connectivity index (χ2n) is 4.21. The third kappa shape index (κ3) is 2.83. The molecule has 3 nitrogen and oxygen atoms in total. The van der Waals surface area contributed by atoms with Crippen LogP contribution in [0.15, 0.2) is 17.5 Å². The number of carbonyl (C=O) groups is 1. The third-order valence-electron chi connectivity index (χ3n) is 3.08. The Morgan fingerprint density at radius 1 is 1.50 bits per heavy atom. The van der Waals surface area contributed by atoms with Crippen molar-refractivity contribution >= 4 is 17.3 Å². The van der Waals surface area contributed by atoms with E-state index in [0.717, 1.165) is 19.5 Å². The summed E-state index contributed by atoms with van der Waals surface area (Å²) in [7, 11) is 0. The highest BCUT2D eigenvalue weighted by atomic mass is 32.1. The highest BCUT2D eigenvalue weighted by molar-refractivity contribution is 7.10. The Morgan fingerprint density at radius 3 is 2.81 bits per heavy atom. The Morgan fingerprint density at radius 2 is 2.25 bits per heavy atom. The Labute approximate surface area is 99.7 Å². The van der Waals surface area contributed by atoms with E-state index in [4.69, 9.17) is 5.11 Å². The van der Waals surface area contributed by atoms with Gasteiger partial charge in [-0.15, -0.1) is 11.3 Å². The zero-order valence-electron chi connectivity index (χ0n) is 9.26. The summed E-state index contributed by atoms with van der Waals surface area (Å²) >= 11 is 1.73. The molecule has 0 spiro atoms. The van der Waals surface area contributed by atoms with E-state index in [9.17, 15) is 4.79 Å². The normalized spacial score (nSPS) is 18.8. The minimum absolute atomic E-state index is 0.263. The molecule has 1 atom stereocenters. The van der Waals surface area contributed by atoms with Crippen LogP contribution in [0.1, 0.15) is 36.6 Å². The lowest BCUT2D eigenvalue weighted by atomic mass is 10.1. The molecule has 1 unspecified atom stereocenters. The molecule has 0 radical (unpaired) electrons. The molecule has 1 aromatic heterocycles. The first-order valence-electron chi connectivity index (χ1n) is 5.76. The van der Waals surface area contributed by atoms with Crippen molar-refractivity contribution in [3.63, 3.8) is 0 Å². The van der Waals surface area contributed by atoms with Crippen LogP contribution in [-0.4, -0.2) is 29.1 Å². The van der Waals surface area contributed by atoms with Crippen molar-refractivity contribution in [3.05, 3.63) is 22.4 Å². The fourth-order valence-corrected chi connectivity index (χ4v) is 3.19. The van der Waals surface area contributed by atoms with Gasteiger partial charge in [-0.3, -0.25) is 9.69 Å². The number of likely N-dealkylation sites (tertiary alicyclic amines) is 1. The van der Waals surface area contributed by atoms with E-state index in [-0.39, 0.29) is 6.42 Å². The summed E-state index contributed by atoms with van der Waals surface area (Å²) in [5, 5.41) is 10.9. The highest BCUT2D eigenvalue weighted by Crippen LogP contribution is 2.31. The standard InChI is InChI=1S/C12H17NO2S/c14-12(15)6-5-10(11-4-3-9-16-11)13-7-1-2-8-13/h3-4,9-10H,1-2,5-8H2,(H,14,15). The molecule has 1 saturated heterocycles. The molecule has 1 N–H and O–H groups in total. The molecule has 0 aromatic carbocycles. The first-order valence-corrected chi connectivity index (χ1v) is 6.64. The van der Waals surface area contributed by atoms with Crippen molar-refractivity contribution in [2.45, 2.75) is 31.7 Å². The maximum atomic E-state index is 10.7. The second-order valence-corrected chi connectivity index (χ2v) is 5.19. The molecule has 0 aliphatic carbocycles. The lowest BCUT2D eigenvalue weighted by Crippen LogP contribution is -2.25. The van der Waals surface area contributed by atoms with Crippen LogP contribution >= 0.6 is 11.3 Å². The van der Waals surface area contributed by atoms with Crippen LogP contribution in [0.3, 0.4) is 0 Å². The number of hydrogen-bond acceptors (Lipinski definition) is 3.